The lowest BCUT2D eigenvalue weighted by molar-refractivity contribution is 0.0670. The smallest absolute Gasteiger partial charge is 0.0620 e. The Morgan fingerprint density at radius 1 is 1.17 bits per heavy atom. The summed E-state index contributed by atoms with van der Waals surface area (Å²) >= 11 is 0. The van der Waals surface area contributed by atoms with Crippen molar-refractivity contribution in [1.82, 2.24) is 10.2 Å². The fourth-order valence-electron chi connectivity index (χ4n) is 2.13. The minimum Gasteiger partial charge on any atom is -0.385 e. The van der Waals surface area contributed by atoms with E-state index in [1.807, 2.05) is 0 Å². The second-order valence-electron chi connectivity index (χ2n) is 4.70. The highest BCUT2D eigenvalue weighted by Crippen LogP contribution is 2.02. The molecule has 108 valence electrons. The molecule has 0 radical (unpaired) electrons. The van der Waals surface area contributed by atoms with Crippen molar-refractivity contribution in [2.24, 2.45) is 0 Å². The fraction of sp³-hybridized carbons (Fsp3) is 1.00. The van der Waals surface area contributed by atoms with Crippen molar-refractivity contribution >= 4 is 0 Å². The Balaban J connectivity index is 2.16. The third-order valence-corrected chi connectivity index (χ3v) is 3.23. The summed E-state index contributed by atoms with van der Waals surface area (Å²) in [6, 6.07) is 0.506. The Hall–Kier alpha value is -0.200. The molecule has 1 unspecified atom stereocenters. The zero-order valence-corrected chi connectivity index (χ0v) is 11.8. The third kappa shape index (κ3) is 7.28. The molecule has 0 aliphatic carbocycles. The van der Waals surface area contributed by atoms with Gasteiger partial charge < -0.3 is 24.4 Å². The second-order valence-corrected chi connectivity index (χ2v) is 4.70. The van der Waals surface area contributed by atoms with Gasteiger partial charge in [0, 0.05) is 46.5 Å². The Labute approximate surface area is 111 Å². The zero-order chi connectivity index (χ0) is 13.1. The first kappa shape index (κ1) is 15.9. The Bertz CT molecular complexity index is 187. The lowest BCUT2D eigenvalue weighted by Gasteiger charge is -2.27. The quantitative estimate of drug-likeness (QED) is 0.574. The molecule has 18 heavy (non-hydrogen) atoms. The number of hydrogen-bond acceptors (Lipinski definition) is 5. The number of methoxy groups -OCH3 is 2. The maximum Gasteiger partial charge on any atom is 0.0620 e. The summed E-state index contributed by atoms with van der Waals surface area (Å²) in [7, 11) is 3.51. The van der Waals surface area contributed by atoms with E-state index in [1.165, 1.54) is 0 Å². The molecule has 1 rings (SSSR count). The lowest BCUT2D eigenvalue weighted by Crippen LogP contribution is -2.43. The summed E-state index contributed by atoms with van der Waals surface area (Å²) in [5, 5.41) is 3.49. The van der Waals surface area contributed by atoms with Crippen LogP contribution in [0.2, 0.25) is 0 Å². The molecule has 1 heterocycles. The van der Waals surface area contributed by atoms with Crippen molar-refractivity contribution < 1.29 is 14.2 Å². The van der Waals surface area contributed by atoms with Crippen molar-refractivity contribution in [3.05, 3.63) is 0 Å². The van der Waals surface area contributed by atoms with Gasteiger partial charge in [0.2, 0.25) is 0 Å². The van der Waals surface area contributed by atoms with Crippen LogP contribution in [0.25, 0.3) is 0 Å². The largest absolute Gasteiger partial charge is 0.385 e. The number of ether oxygens (including phenoxy) is 3. The van der Waals surface area contributed by atoms with Crippen molar-refractivity contribution in [1.29, 1.82) is 0 Å². The first-order valence-corrected chi connectivity index (χ1v) is 6.88. The van der Waals surface area contributed by atoms with Gasteiger partial charge in [-0.05, 0) is 19.4 Å². The number of nitrogens with zero attached hydrogens (tertiary/aromatic N) is 1. The van der Waals surface area contributed by atoms with Gasteiger partial charge in [-0.1, -0.05) is 0 Å². The van der Waals surface area contributed by atoms with Crippen LogP contribution >= 0.6 is 0 Å². The highest BCUT2D eigenvalue weighted by Gasteiger charge is 2.14. The average molecular weight is 260 g/mol. The van der Waals surface area contributed by atoms with E-state index in [1.54, 1.807) is 14.2 Å². The summed E-state index contributed by atoms with van der Waals surface area (Å²) < 4.78 is 15.7. The molecular formula is C13H28N2O3. The molecule has 0 amide bonds. The van der Waals surface area contributed by atoms with Gasteiger partial charge in [0.15, 0.2) is 0 Å². The van der Waals surface area contributed by atoms with Gasteiger partial charge in [-0.25, -0.2) is 0 Å². The van der Waals surface area contributed by atoms with E-state index in [2.05, 4.69) is 10.2 Å². The summed E-state index contributed by atoms with van der Waals surface area (Å²) in [5.74, 6) is 0. The maximum atomic E-state index is 5.47. The number of hydrogen-bond donors (Lipinski definition) is 1. The summed E-state index contributed by atoms with van der Waals surface area (Å²) in [4.78, 5) is 2.44. The Morgan fingerprint density at radius 3 is 2.67 bits per heavy atom. The van der Waals surface area contributed by atoms with Gasteiger partial charge >= 0.3 is 0 Å². The molecule has 1 N–H and O–H groups in total. The van der Waals surface area contributed by atoms with Crippen LogP contribution in [0.1, 0.15) is 12.8 Å². The summed E-state index contributed by atoms with van der Waals surface area (Å²) in [5.41, 5.74) is 0. The highest BCUT2D eigenvalue weighted by molar-refractivity contribution is 4.72. The van der Waals surface area contributed by atoms with E-state index in [0.717, 1.165) is 65.4 Å². The van der Waals surface area contributed by atoms with Crippen LogP contribution < -0.4 is 5.32 Å². The fourth-order valence-corrected chi connectivity index (χ4v) is 2.13. The Kier molecular flexibility index (Phi) is 9.42. The topological polar surface area (TPSA) is 43.0 Å². The SMILES string of the molecule is COCCCN(CCOC)CCC1COCCN1. The molecule has 0 aromatic rings. The van der Waals surface area contributed by atoms with Crippen molar-refractivity contribution in [2.45, 2.75) is 18.9 Å². The van der Waals surface area contributed by atoms with Crippen LogP contribution in [-0.2, 0) is 14.2 Å². The molecular weight excluding hydrogens is 232 g/mol. The molecule has 0 bridgehead atoms. The zero-order valence-electron chi connectivity index (χ0n) is 11.8. The molecule has 5 nitrogen and oxygen atoms in total. The van der Waals surface area contributed by atoms with E-state index in [-0.39, 0.29) is 0 Å². The molecule has 0 aromatic carbocycles. The van der Waals surface area contributed by atoms with E-state index in [0.29, 0.717) is 6.04 Å². The molecule has 0 saturated carbocycles. The van der Waals surface area contributed by atoms with Crippen LogP contribution in [0, 0.1) is 0 Å². The average Bonchev–Trinajstić information content (AvgIpc) is 2.42. The van der Waals surface area contributed by atoms with E-state index >= 15 is 0 Å². The van der Waals surface area contributed by atoms with E-state index < -0.39 is 0 Å². The molecule has 0 aromatic heterocycles. The molecule has 1 aliphatic rings. The van der Waals surface area contributed by atoms with Gasteiger partial charge in [0.05, 0.1) is 19.8 Å². The summed E-state index contributed by atoms with van der Waals surface area (Å²) in [6.07, 6.45) is 2.21. The van der Waals surface area contributed by atoms with Crippen molar-refractivity contribution in [2.75, 3.05) is 66.8 Å². The minimum absolute atomic E-state index is 0.506. The highest BCUT2D eigenvalue weighted by atomic mass is 16.5. The van der Waals surface area contributed by atoms with Gasteiger partial charge in [-0.2, -0.15) is 0 Å². The number of morpholine rings is 1. The predicted molar refractivity (Wildman–Crippen MR) is 72.0 cm³/mol. The molecule has 1 saturated heterocycles. The normalized spacial score (nSPS) is 20.5. The van der Waals surface area contributed by atoms with Gasteiger partial charge in [0.1, 0.15) is 0 Å². The third-order valence-electron chi connectivity index (χ3n) is 3.23. The molecule has 1 aliphatic heterocycles. The number of nitrogens with one attached hydrogen (secondary N) is 1. The first-order chi connectivity index (χ1) is 8.86. The van der Waals surface area contributed by atoms with Gasteiger partial charge in [0.25, 0.3) is 0 Å². The van der Waals surface area contributed by atoms with E-state index in [9.17, 15) is 0 Å². The van der Waals surface area contributed by atoms with Crippen molar-refractivity contribution in [3.8, 4) is 0 Å². The van der Waals surface area contributed by atoms with Crippen molar-refractivity contribution in [3.63, 3.8) is 0 Å². The maximum absolute atomic E-state index is 5.47. The number of rotatable bonds is 10. The van der Waals surface area contributed by atoms with Crippen LogP contribution in [0.3, 0.4) is 0 Å². The monoisotopic (exact) mass is 260 g/mol. The standard InChI is InChI=1S/C13H28N2O3/c1-16-9-3-6-15(8-11-17-2)7-4-13-12-18-10-5-14-13/h13-14H,3-12H2,1-2H3. The van der Waals surface area contributed by atoms with Gasteiger partial charge in [-0.15, -0.1) is 0 Å². The molecule has 0 spiro atoms. The van der Waals surface area contributed by atoms with E-state index in [4.69, 9.17) is 14.2 Å². The Morgan fingerprint density at radius 2 is 2.00 bits per heavy atom. The summed E-state index contributed by atoms with van der Waals surface area (Å²) in [6.45, 7) is 7.45. The second kappa shape index (κ2) is 10.7. The molecule has 5 heteroatoms. The molecule has 1 atom stereocenters. The van der Waals surface area contributed by atoms with Crippen LogP contribution in [0.15, 0.2) is 0 Å². The predicted octanol–water partition coefficient (Wildman–Crippen LogP) is 0.350. The van der Waals surface area contributed by atoms with Gasteiger partial charge in [-0.3, -0.25) is 0 Å². The first-order valence-electron chi connectivity index (χ1n) is 6.88. The van der Waals surface area contributed by atoms with Crippen LogP contribution in [0.5, 0.6) is 0 Å². The minimum atomic E-state index is 0.506. The molecule has 1 fully saturated rings. The van der Waals surface area contributed by atoms with Crippen LogP contribution in [-0.4, -0.2) is 77.8 Å². The lowest BCUT2D eigenvalue weighted by atomic mass is 10.2. The van der Waals surface area contributed by atoms with Crippen LogP contribution in [0.4, 0.5) is 0 Å².